The lowest BCUT2D eigenvalue weighted by molar-refractivity contribution is -0.122. The number of amides is 2. The summed E-state index contributed by atoms with van der Waals surface area (Å²) in [4.78, 5) is 35.1. The smallest absolute Gasteiger partial charge is 0.239 e. The van der Waals surface area contributed by atoms with Crippen LogP contribution in [0.1, 0.15) is 39.3 Å². The summed E-state index contributed by atoms with van der Waals surface area (Å²) >= 11 is 3.47. The van der Waals surface area contributed by atoms with Crippen molar-refractivity contribution in [2.45, 2.75) is 25.2 Å². The van der Waals surface area contributed by atoms with Crippen molar-refractivity contribution in [3.63, 3.8) is 0 Å². The number of hydrogen-bond acceptors (Lipinski definition) is 3. The molecular weight excluding hydrogens is 536 g/mol. The Labute approximate surface area is 230 Å². The first-order valence-corrected chi connectivity index (χ1v) is 13.7. The summed E-state index contributed by atoms with van der Waals surface area (Å²) in [5.74, 6) is -1.56. The minimum absolute atomic E-state index is 0.138. The van der Waals surface area contributed by atoms with Gasteiger partial charge in [-0.3, -0.25) is 14.6 Å². The fraction of sp³-hybridized carbons (Fsp3) is 0.182. The standard InChI is InChI=1S/C33H25BrN2O2/c1-19-11-16-27(20(2)17-19)35-18-33-25-9-5-3-7-23(25)28(24-8-4-6-10-26(24)33)29-30(33)32(38)36(31(29)37)22-14-12-21(34)13-15-22/h3-18,28-30H,1-2H3/t28?,29-,30+,33?/m0/s1. The molecule has 1 aliphatic heterocycles. The lowest BCUT2D eigenvalue weighted by Crippen LogP contribution is -2.54. The van der Waals surface area contributed by atoms with E-state index in [1.54, 1.807) is 0 Å². The average Bonchev–Trinajstić information content (AvgIpc) is 3.19. The van der Waals surface area contributed by atoms with Crippen LogP contribution in [0.5, 0.6) is 0 Å². The number of halogens is 1. The molecule has 8 rings (SSSR count). The van der Waals surface area contributed by atoms with E-state index in [4.69, 9.17) is 4.99 Å². The molecule has 0 radical (unpaired) electrons. The molecule has 1 heterocycles. The van der Waals surface area contributed by atoms with Crippen molar-refractivity contribution in [1.82, 2.24) is 0 Å². The Morgan fingerprint density at radius 1 is 0.816 bits per heavy atom. The molecule has 38 heavy (non-hydrogen) atoms. The summed E-state index contributed by atoms with van der Waals surface area (Å²) in [5, 5.41) is 0. The molecule has 5 heteroatoms. The summed E-state index contributed by atoms with van der Waals surface area (Å²) in [6, 6.07) is 30.2. The van der Waals surface area contributed by atoms with Crippen LogP contribution in [-0.2, 0) is 15.0 Å². The Hall–Kier alpha value is -3.83. The first-order chi connectivity index (χ1) is 18.4. The Morgan fingerprint density at radius 3 is 2.08 bits per heavy atom. The number of nitrogens with zero attached hydrogens (tertiary/aromatic N) is 2. The van der Waals surface area contributed by atoms with E-state index in [1.807, 2.05) is 60.8 Å². The molecule has 4 aliphatic rings. The summed E-state index contributed by atoms with van der Waals surface area (Å²) in [7, 11) is 0. The molecule has 0 aromatic heterocycles. The number of hydrogen-bond donors (Lipinski definition) is 0. The molecular formula is C33H25BrN2O2. The van der Waals surface area contributed by atoms with Crippen molar-refractivity contribution in [2.75, 3.05) is 4.90 Å². The quantitative estimate of drug-likeness (QED) is 0.199. The van der Waals surface area contributed by atoms with Crippen LogP contribution in [0.3, 0.4) is 0 Å². The zero-order chi connectivity index (χ0) is 26.2. The van der Waals surface area contributed by atoms with Gasteiger partial charge in [0.05, 0.1) is 28.6 Å². The maximum atomic E-state index is 14.4. The van der Waals surface area contributed by atoms with Crippen molar-refractivity contribution >= 4 is 45.3 Å². The lowest BCUT2D eigenvalue weighted by Gasteiger charge is -2.52. The third-order valence-electron chi connectivity index (χ3n) is 8.53. The van der Waals surface area contributed by atoms with Gasteiger partial charge in [0.25, 0.3) is 0 Å². The number of imide groups is 1. The van der Waals surface area contributed by atoms with Crippen LogP contribution in [0, 0.1) is 25.7 Å². The molecule has 1 saturated heterocycles. The second-order valence-electron chi connectivity index (χ2n) is 10.6. The van der Waals surface area contributed by atoms with Gasteiger partial charge in [0, 0.05) is 16.6 Å². The van der Waals surface area contributed by atoms with Crippen molar-refractivity contribution in [2.24, 2.45) is 16.8 Å². The van der Waals surface area contributed by atoms with Crippen LogP contribution in [0.15, 0.2) is 100 Å². The van der Waals surface area contributed by atoms with E-state index in [-0.39, 0.29) is 17.7 Å². The molecule has 0 unspecified atom stereocenters. The van der Waals surface area contributed by atoms with E-state index in [0.717, 1.165) is 38.0 Å². The summed E-state index contributed by atoms with van der Waals surface area (Å²) in [5.41, 5.74) is 7.21. The van der Waals surface area contributed by atoms with E-state index in [0.29, 0.717) is 5.69 Å². The molecule has 0 N–H and O–H groups in total. The largest absolute Gasteiger partial charge is 0.274 e. The number of aliphatic imine (C=N–C) groups is 1. The molecule has 186 valence electrons. The van der Waals surface area contributed by atoms with Crippen molar-refractivity contribution in [3.05, 3.63) is 129 Å². The van der Waals surface area contributed by atoms with Crippen molar-refractivity contribution < 1.29 is 9.59 Å². The van der Waals surface area contributed by atoms with E-state index in [2.05, 4.69) is 66.2 Å². The number of benzene rings is 4. The zero-order valence-corrected chi connectivity index (χ0v) is 22.6. The topological polar surface area (TPSA) is 49.7 Å². The predicted molar refractivity (Wildman–Crippen MR) is 153 cm³/mol. The van der Waals surface area contributed by atoms with E-state index in [9.17, 15) is 9.59 Å². The molecule has 0 saturated carbocycles. The van der Waals surface area contributed by atoms with Gasteiger partial charge in [-0.25, -0.2) is 4.90 Å². The molecule has 4 aromatic rings. The molecule has 2 amide bonds. The van der Waals surface area contributed by atoms with Gasteiger partial charge in [-0.1, -0.05) is 82.2 Å². The Bertz CT molecular complexity index is 1630. The molecule has 4 aromatic carbocycles. The maximum Gasteiger partial charge on any atom is 0.239 e. The second kappa shape index (κ2) is 8.34. The van der Waals surface area contributed by atoms with Gasteiger partial charge >= 0.3 is 0 Å². The predicted octanol–water partition coefficient (Wildman–Crippen LogP) is 7.02. The van der Waals surface area contributed by atoms with Crippen molar-refractivity contribution in [1.29, 1.82) is 0 Å². The SMILES string of the molecule is Cc1ccc(N=CC23c4ccccc4C(c4ccccc42)[C@@H]2C(=O)N(c4ccc(Br)cc4)C(=O)[C@@H]23)c(C)c1. The van der Waals surface area contributed by atoms with E-state index >= 15 is 0 Å². The lowest BCUT2D eigenvalue weighted by atomic mass is 9.47. The zero-order valence-electron chi connectivity index (χ0n) is 21.1. The number of rotatable bonds is 3. The molecule has 2 atom stereocenters. The fourth-order valence-electron chi connectivity index (χ4n) is 7.02. The first-order valence-electron chi connectivity index (χ1n) is 12.9. The Kier molecular flexibility index (Phi) is 5.11. The molecule has 4 nitrogen and oxygen atoms in total. The summed E-state index contributed by atoms with van der Waals surface area (Å²) in [6.07, 6.45) is 1.96. The van der Waals surface area contributed by atoms with Crippen LogP contribution < -0.4 is 4.90 Å². The van der Waals surface area contributed by atoms with Gasteiger partial charge in [0.2, 0.25) is 11.8 Å². The van der Waals surface area contributed by atoms with Gasteiger partial charge in [-0.05, 0) is 72.0 Å². The first kappa shape index (κ1) is 23.3. The highest BCUT2D eigenvalue weighted by atomic mass is 79.9. The van der Waals surface area contributed by atoms with E-state index in [1.165, 1.54) is 10.5 Å². The number of carbonyl (C=O) groups excluding carboxylic acids is 2. The highest BCUT2D eigenvalue weighted by molar-refractivity contribution is 9.10. The minimum atomic E-state index is -0.860. The number of carbonyl (C=O) groups is 2. The maximum absolute atomic E-state index is 14.4. The van der Waals surface area contributed by atoms with Crippen LogP contribution in [-0.4, -0.2) is 18.0 Å². The van der Waals surface area contributed by atoms with Gasteiger partial charge in [-0.2, -0.15) is 0 Å². The normalized spacial score (nSPS) is 25.0. The van der Waals surface area contributed by atoms with Crippen LogP contribution in [0.25, 0.3) is 0 Å². The second-order valence-corrected chi connectivity index (χ2v) is 11.5. The summed E-state index contributed by atoms with van der Waals surface area (Å²) in [6.45, 7) is 4.12. The van der Waals surface area contributed by atoms with Gasteiger partial charge in [-0.15, -0.1) is 0 Å². The number of anilines is 1. The highest BCUT2D eigenvalue weighted by Crippen LogP contribution is 2.63. The average molecular weight is 561 g/mol. The fourth-order valence-corrected chi connectivity index (χ4v) is 7.28. The minimum Gasteiger partial charge on any atom is -0.274 e. The molecule has 2 bridgehead atoms. The molecule has 0 spiro atoms. The van der Waals surface area contributed by atoms with Crippen molar-refractivity contribution in [3.8, 4) is 0 Å². The van der Waals surface area contributed by atoms with Crippen LogP contribution in [0.2, 0.25) is 0 Å². The monoisotopic (exact) mass is 560 g/mol. The Morgan fingerprint density at radius 2 is 1.45 bits per heavy atom. The highest BCUT2D eigenvalue weighted by Gasteiger charge is 2.67. The third kappa shape index (κ3) is 3.05. The van der Waals surface area contributed by atoms with Crippen LogP contribution >= 0.6 is 15.9 Å². The van der Waals surface area contributed by atoms with E-state index < -0.39 is 17.3 Å². The van der Waals surface area contributed by atoms with Gasteiger partial charge in [0.15, 0.2) is 0 Å². The van der Waals surface area contributed by atoms with Gasteiger partial charge < -0.3 is 0 Å². The summed E-state index contributed by atoms with van der Waals surface area (Å²) < 4.78 is 0.898. The molecule has 1 fully saturated rings. The van der Waals surface area contributed by atoms with Crippen LogP contribution in [0.4, 0.5) is 11.4 Å². The Balaban J connectivity index is 1.50. The third-order valence-corrected chi connectivity index (χ3v) is 9.06. The number of aryl methyl sites for hydroxylation is 2. The van der Waals surface area contributed by atoms with Gasteiger partial charge in [0.1, 0.15) is 0 Å². The molecule has 3 aliphatic carbocycles.